The van der Waals surface area contributed by atoms with Crippen LogP contribution in [0.2, 0.25) is 10.0 Å². The van der Waals surface area contributed by atoms with Crippen molar-refractivity contribution in [1.82, 2.24) is 5.32 Å². The highest BCUT2D eigenvalue weighted by atomic mass is 35.5. The largest absolute Gasteiger partial charge is 0.323 e. The van der Waals surface area contributed by atoms with Gasteiger partial charge in [-0.25, -0.2) is 8.42 Å². The Labute approximate surface area is 212 Å². The molecule has 1 N–H and O–H groups in total. The van der Waals surface area contributed by atoms with E-state index < -0.39 is 9.84 Å². The zero-order chi connectivity index (χ0) is 26.4. The molecule has 0 spiro atoms. The van der Waals surface area contributed by atoms with Crippen molar-refractivity contribution in [1.29, 1.82) is 0 Å². The van der Waals surface area contributed by atoms with Crippen LogP contribution < -0.4 is 5.32 Å². The van der Waals surface area contributed by atoms with Crippen molar-refractivity contribution in [3.05, 3.63) is 77.3 Å². The minimum Gasteiger partial charge on any atom is -0.323 e. The summed E-state index contributed by atoms with van der Waals surface area (Å²) in [6, 6.07) is 14.0. The summed E-state index contributed by atoms with van der Waals surface area (Å²) in [6.45, 7) is 10.4. The molecule has 7 heteroatoms. The lowest BCUT2D eigenvalue weighted by atomic mass is 9.94. The predicted octanol–water partition coefficient (Wildman–Crippen LogP) is 6.83. The number of nitrogens with zero attached hydrogens (tertiary/aromatic N) is 1. The molecule has 0 fully saturated rings. The lowest BCUT2D eigenvalue weighted by Crippen LogP contribution is -2.12. The Morgan fingerprint density at radius 2 is 1.36 bits per heavy atom. The van der Waals surface area contributed by atoms with Crippen molar-refractivity contribution < 1.29 is 8.42 Å². The van der Waals surface area contributed by atoms with Crippen LogP contribution in [0, 0.1) is 18.8 Å². The van der Waals surface area contributed by atoms with Gasteiger partial charge in [0.15, 0.2) is 9.84 Å². The lowest BCUT2D eigenvalue weighted by molar-refractivity contribution is 0.602. The molecule has 0 heterocycles. The fraction of sp³-hybridized carbons (Fsp3) is 0.346. The predicted molar refractivity (Wildman–Crippen MR) is 149 cm³/mol. The van der Waals surface area contributed by atoms with Crippen LogP contribution in [0.15, 0.2) is 71.6 Å². The quantitative estimate of drug-likeness (QED) is 0.271. The molecule has 0 bridgehead atoms. The summed E-state index contributed by atoms with van der Waals surface area (Å²) in [5.41, 5.74) is 2.36. The molecule has 0 amide bonds. The number of benzene rings is 2. The molecule has 2 aromatic rings. The minimum atomic E-state index is -3.08. The minimum absolute atomic E-state index is 0.293. The molecule has 1 unspecified atom stereocenters. The van der Waals surface area contributed by atoms with Crippen LogP contribution in [0.25, 0.3) is 0 Å². The van der Waals surface area contributed by atoms with Gasteiger partial charge >= 0.3 is 0 Å². The summed E-state index contributed by atoms with van der Waals surface area (Å²) in [5, 5.41) is 4.06. The van der Waals surface area contributed by atoms with Gasteiger partial charge in [0, 0.05) is 29.1 Å². The summed E-state index contributed by atoms with van der Waals surface area (Å²) >= 11 is 11.4. The van der Waals surface area contributed by atoms with Gasteiger partial charge in [0.2, 0.25) is 0 Å². The molecule has 184 valence electrons. The molecule has 4 nitrogen and oxygen atoms in total. The summed E-state index contributed by atoms with van der Waals surface area (Å²) in [5.74, 6) is 0.515. The highest BCUT2D eigenvalue weighted by Gasteiger charge is 2.11. The number of halogens is 2. The first-order valence-corrected chi connectivity index (χ1v) is 12.8. The molecule has 0 aromatic heterocycles. The second kappa shape index (κ2) is 21.7. The number of aliphatic imine (C=N–C) groups is 1. The maximum absolute atomic E-state index is 10.9. The Hall–Kier alpha value is -2.10. The van der Waals surface area contributed by atoms with E-state index in [2.05, 4.69) is 50.2 Å². The monoisotopic (exact) mass is 512 g/mol. The van der Waals surface area contributed by atoms with E-state index in [1.807, 2.05) is 45.4 Å². The fourth-order valence-electron chi connectivity index (χ4n) is 2.51. The zero-order valence-corrected chi connectivity index (χ0v) is 22.9. The van der Waals surface area contributed by atoms with Gasteiger partial charge < -0.3 is 5.32 Å². The first-order valence-electron chi connectivity index (χ1n) is 10.2. The van der Waals surface area contributed by atoms with Crippen LogP contribution in [0.5, 0.6) is 0 Å². The summed E-state index contributed by atoms with van der Waals surface area (Å²) in [4.78, 5) is 4.67. The van der Waals surface area contributed by atoms with Crippen LogP contribution in [0.3, 0.4) is 0 Å². The lowest BCUT2D eigenvalue weighted by Gasteiger charge is -2.13. The molecule has 0 aliphatic carbocycles. The van der Waals surface area contributed by atoms with Crippen LogP contribution >= 0.6 is 23.2 Å². The van der Waals surface area contributed by atoms with Crippen LogP contribution in [0.1, 0.15) is 32.3 Å². The average Bonchev–Trinajstić information content (AvgIpc) is 2.79. The molecule has 0 aliphatic heterocycles. The molecule has 2 aromatic carbocycles. The Morgan fingerprint density at radius 1 is 1.00 bits per heavy atom. The van der Waals surface area contributed by atoms with Gasteiger partial charge in [-0.1, -0.05) is 55.6 Å². The van der Waals surface area contributed by atoms with Gasteiger partial charge in [-0.05, 0) is 68.4 Å². The molecular weight excluding hydrogens is 475 g/mol. The van der Waals surface area contributed by atoms with E-state index in [4.69, 9.17) is 23.2 Å². The molecular formula is C26H38Cl2N2O2S. The van der Waals surface area contributed by atoms with Gasteiger partial charge in [-0.15, -0.1) is 26.0 Å². The van der Waals surface area contributed by atoms with E-state index in [0.29, 0.717) is 15.8 Å². The Kier molecular flexibility index (Phi) is 23.4. The Bertz CT molecular complexity index is 892. The van der Waals surface area contributed by atoms with Gasteiger partial charge in [-0.2, -0.15) is 0 Å². The SMILES string of the molecule is C#C.C=C.CCCC(C)C(=NC)c1ccc(Cl)cc1.CNC.CS(=O)(=O)c1ccc(Cl)cc1. The van der Waals surface area contributed by atoms with Crippen molar-refractivity contribution in [2.24, 2.45) is 10.9 Å². The smallest absolute Gasteiger partial charge is 0.175 e. The maximum Gasteiger partial charge on any atom is 0.175 e. The summed E-state index contributed by atoms with van der Waals surface area (Å²) in [7, 11) is 2.53. The third kappa shape index (κ3) is 17.1. The molecule has 2 rings (SSSR count). The zero-order valence-electron chi connectivity index (χ0n) is 20.6. The highest BCUT2D eigenvalue weighted by Crippen LogP contribution is 2.17. The van der Waals surface area contributed by atoms with E-state index in [9.17, 15) is 8.42 Å². The van der Waals surface area contributed by atoms with Crippen LogP contribution in [0.4, 0.5) is 0 Å². The summed E-state index contributed by atoms with van der Waals surface area (Å²) < 4.78 is 21.8. The van der Waals surface area contributed by atoms with Crippen LogP contribution in [-0.4, -0.2) is 41.5 Å². The van der Waals surface area contributed by atoms with Crippen LogP contribution in [-0.2, 0) is 9.84 Å². The molecule has 1 atom stereocenters. The van der Waals surface area contributed by atoms with Crippen molar-refractivity contribution in [2.75, 3.05) is 27.4 Å². The molecule has 33 heavy (non-hydrogen) atoms. The number of terminal acetylenes is 1. The number of hydrogen-bond acceptors (Lipinski definition) is 4. The maximum atomic E-state index is 10.9. The Balaban J connectivity index is -0.000000439. The number of hydrogen-bond donors (Lipinski definition) is 1. The van der Waals surface area contributed by atoms with Crippen molar-refractivity contribution in [3.63, 3.8) is 0 Å². The first kappa shape index (κ1) is 35.5. The topological polar surface area (TPSA) is 58.5 Å². The number of nitrogens with one attached hydrogen (secondary N) is 1. The van der Waals surface area contributed by atoms with Gasteiger partial charge in [0.25, 0.3) is 0 Å². The highest BCUT2D eigenvalue weighted by molar-refractivity contribution is 7.90. The van der Waals surface area contributed by atoms with E-state index in [1.165, 1.54) is 36.2 Å². The van der Waals surface area contributed by atoms with E-state index >= 15 is 0 Å². The molecule has 0 saturated heterocycles. The third-order valence-electron chi connectivity index (χ3n) is 3.81. The fourth-order valence-corrected chi connectivity index (χ4v) is 3.39. The second-order valence-corrected chi connectivity index (χ2v) is 9.42. The van der Waals surface area contributed by atoms with E-state index in [1.54, 1.807) is 12.1 Å². The van der Waals surface area contributed by atoms with E-state index in [-0.39, 0.29) is 0 Å². The molecule has 0 aliphatic rings. The Morgan fingerprint density at radius 3 is 1.67 bits per heavy atom. The van der Waals surface area contributed by atoms with E-state index in [0.717, 1.165) is 11.3 Å². The average molecular weight is 514 g/mol. The van der Waals surface area contributed by atoms with Gasteiger partial charge in [-0.3, -0.25) is 4.99 Å². The van der Waals surface area contributed by atoms with Gasteiger partial charge in [0.1, 0.15) is 0 Å². The number of rotatable bonds is 5. The van der Waals surface area contributed by atoms with Gasteiger partial charge in [0.05, 0.1) is 4.90 Å². The first-order chi connectivity index (χ1) is 15.6. The second-order valence-electron chi connectivity index (χ2n) is 6.53. The van der Waals surface area contributed by atoms with Crippen molar-refractivity contribution in [3.8, 4) is 12.8 Å². The summed E-state index contributed by atoms with van der Waals surface area (Å²) in [6.07, 6.45) is 11.5. The molecule has 0 radical (unpaired) electrons. The van der Waals surface area contributed by atoms with Crippen molar-refractivity contribution >= 4 is 38.8 Å². The standard InChI is InChI=1S/C13H18ClN.C7H7ClO2S.C2H7N.C2H4.C2H2/c1-4-5-10(2)13(15-3)11-6-8-12(14)9-7-11;1-11(9,10)7-4-2-6(8)3-5-7;1-3-2;2*1-2/h6-10H,4-5H2,1-3H3;2-5H,1H3;3H,1-2H3;1-2H2;1-2H. The number of sulfone groups is 1. The third-order valence-corrected chi connectivity index (χ3v) is 5.44. The molecule has 0 saturated carbocycles. The van der Waals surface area contributed by atoms with Crippen molar-refractivity contribution in [2.45, 2.75) is 31.6 Å². The normalized spacial score (nSPS) is 10.9.